The van der Waals surface area contributed by atoms with Crippen LogP contribution in [0.1, 0.15) is 28.4 Å². The number of hydrogen-bond donors (Lipinski definition) is 2. The summed E-state index contributed by atoms with van der Waals surface area (Å²) in [4.78, 5) is 23.7. The molecule has 1 unspecified atom stereocenters. The van der Waals surface area contributed by atoms with Crippen molar-refractivity contribution in [2.24, 2.45) is 0 Å². The molecule has 0 saturated carbocycles. The average molecular weight is 347 g/mol. The van der Waals surface area contributed by atoms with E-state index < -0.39 is 23.7 Å². The average Bonchev–Trinajstić information content (AvgIpc) is 2.60. The number of hydrogen-bond acceptors (Lipinski definition) is 4. The summed E-state index contributed by atoms with van der Waals surface area (Å²) in [6.07, 6.45) is -0.337. The molecular weight excluding hydrogens is 329 g/mol. The van der Waals surface area contributed by atoms with E-state index in [1.54, 1.807) is 12.1 Å². The Kier molecular flexibility index (Phi) is 5.94. The lowest BCUT2D eigenvalue weighted by Gasteiger charge is -2.18. The number of carboxylic acids is 1. The molecule has 0 bridgehead atoms. The van der Waals surface area contributed by atoms with Gasteiger partial charge in [-0.25, -0.2) is 4.39 Å². The van der Waals surface area contributed by atoms with Crippen LogP contribution in [0.2, 0.25) is 0 Å². The van der Waals surface area contributed by atoms with Crippen LogP contribution in [0.15, 0.2) is 42.5 Å². The molecular formula is C18H18FNO5. The van der Waals surface area contributed by atoms with Crippen LogP contribution >= 0.6 is 0 Å². The Morgan fingerprint density at radius 3 is 2.36 bits per heavy atom. The van der Waals surface area contributed by atoms with Gasteiger partial charge in [0.25, 0.3) is 5.91 Å². The smallest absolute Gasteiger partial charge is 0.305 e. The molecule has 0 heterocycles. The van der Waals surface area contributed by atoms with Crippen LogP contribution in [0.25, 0.3) is 0 Å². The molecule has 25 heavy (non-hydrogen) atoms. The van der Waals surface area contributed by atoms with Gasteiger partial charge in [-0.05, 0) is 29.8 Å². The number of carboxylic acid groups (broad SMARTS) is 1. The zero-order valence-electron chi connectivity index (χ0n) is 13.8. The van der Waals surface area contributed by atoms with Crippen molar-refractivity contribution in [3.05, 3.63) is 59.4 Å². The quantitative estimate of drug-likeness (QED) is 0.804. The number of benzene rings is 2. The van der Waals surface area contributed by atoms with Gasteiger partial charge in [-0.15, -0.1) is 0 Å². The number of methoxy groups -OCH3 is 2. The number of nitrogens with one attached hydrogen (secondary N) is 1. The van der Waals surface area contributed by atoms with E-state index in [2.05, 4.69) is 5.32 Å². The molecule has 132 valence electrons. The number of rotatable bonds is 7. The van der Waals surface area contributed by atoms with Crippen molar-refractivity contribution in [1.29, 1.82) is 0 Å². The molecule has 0 radical (unpaired) electrons. The van der Waals surface area contributed by atoms with Crippen molar-refractivity contribution in [2.75, 3.05) is 14.2 Å². The highest BCUT2D eigenvalue weighted by molar-refractivity contribution is 5.97. The van der Waals surface area contributed by atoms with Gasteiger partial charge in [0.1, 0.15) is 17.3 Å². The van der Waals surface area contributed by atoms with Crippen molar-refractivity contribution < 1.29 is 28.6 Å². The number of carbonyl (C=O) groups excluding carboxylic acids is 1. The van der Waals surface area contributed by atoms with E-state index in [1.165, 1.54) is 44.6 Å². The van der Waals surface area contributed by atoms with E-state index in [0.29, 0.717) is 17.1 Å². The van der Waals surface area contributed by atoms with E-state index in [1.807, 2.05) is 0 Å². The van der Waals surface area contributed by atoms with Crippen LogP contribution in [0.3, 0.4) is 0 Å². The molecule has 2 rings (SSSR count). The predicted octanol–water partition coefficient (Wildman–Crippen LogP) is 2.79. The van der Waals surface area contributed by atoms with Crippen LogP contribution in [0.4, 0.5) is 4.39 Å². The molecule has 1 amide bonds. The SMILES string of the molecule is COc1ccc(C(=O)NC(CC(=O)O)c2ccc(F)cc2)c(OC)c1. The standard InChI is InChI=1S/C18H18FNO5/c1-24-13-7-8-14(16(9-13)25-2)18(23)20-15(10-17(21)22)11-3-5-12(19)6-4-11/h3-9,15H,10H2,1-2H3,(H,20,23)(H,21,22). The second-order valence-electron chi connectivity index (χ2n) is 5.24. The fourth-order valence-corrected chi connectivity index (χ4v) is 2.34. The first-order chi connectivity index (χ1) is 11.9. The Bertz CT molecular complexity index is 761. The molecule has 0 aliphatic heterocycles. The molecule has 2 N–H and O–H groups in total. The molecule has 0 spiro atoms. The van der Waals surface area contributed by atoms with Gasteiger partial charge >= 0.3 is 5.97 Å². The lowest BCUT2D eigenvalue weighted by molar-refractivity contribution is -0.137. The molecule has 0 aliphatic rings. The Labute approximate surface area is 144 Å². The van der Waals surface area contributed by atoms with E-state index in [9.17, 15) is 14.0 Å². The van der Waals surface area contributed by atoms with Crippen LogP contribution in [0.5, 0.6) is 11.5 Å². The monoisotopic (exact) mass is 347 g/mol. The number of aliphatic carboxylic acids is 1. The zero-order valence-corrected chi connectivity index (χ0v) is 13.8. The second-order valence-corrected chi connectivity index (χ2v) is 5.24. The summed E-state index contributed by atoms with van der Waals surface area (Å²) in [6, 6.07) is 9.17. The zero-order chi connectivity index (χ0) is 18.4. The molecule has 0 aliphatic carbocycles. The molecule has 0 aromatic heterocycles. The second kappa shape index (κ2) is 8.14. The summed E-state index contributed by atoms with van der Waals surface area (Å²) in [5, 5.41) is 11.7. The van der Waals surface area contributed by atoms with E-state index in [0.717, 1.165) is 0 Å². The topological polar surface area (TPSA) is 84.9 Å². The summed E-state index contributed by atoms with van der Waals surface area (Å²) >= 11 is 0. The Morgan fingerprint density at radius 2 is 1.80 bits per heavy atom. The molecule has 7 heteroatoms. The molecule has 2 aromatic carbocycles. The van der Waals surface area contributed by atoms with Crippen molar-refractivity contribution >= 4 is 11.9 Å². The van der Waals surface area contributed by atoms with Gasteiger partial charge in [0, 0.05) is 6.07 Å². The number of halogens is 1. The number of amides is 1. The fraction of sp³-hybridized carbons (Fsp3) is 0.222. The molecule has 0 fully saturated rings. The van der Waals surface area contributed by atoms with Gasteiger partial charge in [-0.2, -0.15) is 0 Å². The number of carbonyl (C=O) groups is 2. The highest BCUT2D eigenvalue weighted by Gasteiger charge is 2.21. The third-order valence-corrected chi connectivity index (χ3v) is 3.61. The molecule has 1 atom stereocenters. The highest BCUT2D eigenvalue weighted by atomic mass is 19.1. The maximum atomic E-state index is 13.1. The van der Waals surface area contributed by atoms with Crippen molar-refractivity contribution in [3.63, 3.8) is 0 Å². The van der Waals surface area contributed by atoms with Crippen LogP contribution in [-0.2, 0) is 4.79 Å². The minimum absolute atomic E-state index is 0.237. The Hall–Kier alpha value is -3.09. The van der Waals surface area contributed by atoms with E-state index in [4.69, 9.17) is 14.6 Å². The lowest BCUT2D eigenvalue weighted by Crippen LogP contribution is -2.30. The highest BCUT2D eigenvalue weighted by Crippen LogP contribution is 2.26. The maximum absolute atomic E-state index is 13.1. The minimum Gasteiger partial charge on any atom is -0.497 e. The van der Waals surface area contributed by atoms with E-state index in [-0.39, 0.29) is 12.0 Å². The van der Waals surface area contributed by atoms with Gasteiger partial charge in [-0.3, -0.25) is 9.59 Å². The summed E-state index contributed by atoms with van der Waals surface area (Å²) < 4.78 is 23.3. The van der Waals surface area contributed by atoms with Gasteiger partial charge in [0.05, 0.1) is 32.2 Å². The fourth-order valence-electron chi connectivity index (χ4n) is 2.34. The van der Waals surface area contributed by atoms with Gasteiger partial charge in [-0.1, -0.05) is 12.1 Å². The maximum Gasteiger partial charge on any atom is 0.305 e. The summed E-state index contributed by atoms with van der Waals surface area (Å²) in [6.45, 7) is 0. The lowest BCUT2D eigenvalue weighted by atomic mass is 10.0. The van der Waals surface area contributed by atoms with Gasteiger partial charge in [0.2, 0.25) is 0 Å². The third kappa shape index (κ3) is 4.69. The first kappa shape index (κ1) is 18.3. The molecule has 0 saturated heterocycles. The summed E-state index contributed by atoms with van der Waals surface area (Å²) in [7, 11) is 2.91. The van der Waals surface area contributed by atoms with Crippen molar-refractivity contribution in [3.8, 4) is 11.5 Å². The third-order valence-electron chi connectivity index (χ3n) is 3.61. The summed E-state index contributed by atoms with van der Waals surface area (Å²) in [5.41, 5.74) is 0.727. The minimum atomic E-state index is -1.09. The van der Waals surface area contributed by atoms with Crippen LogP contribution < -0.4 is 14.8 Å². The van der Waals surface area contributed by atoms with Gasteiger partial charge < -0.3 is 19.9 Å². The first-order valence-corrected chi connectivity index (χ1v) is 7.44. The van der Waals surface area contributed by atoms with Crippen LogP contribution in [-0.4, -0.2) is 31.2 Å². The Morgan fingerprint density at radius 1 is 1.12 bits per heavy atom. The summed E-state index contributed by atoms with van der Waals surface area (Å²) in [5.74, 6) is -1.22. The number of ether oxygens (including phenoxy) is 2. The predicted molar refractivity (Wildman–Crippen MR) is 88.4 cm³/mol. The van der Waals surface area contributed by atoms with Crippen molar-refractivity contribution in [1.82, 2.24) is 5.32 Å². The Balaban J connectivity index is 2.27. The normalized spacial score (nSPS) is 11.5. The molecule has 2 aromatic rings. The largest absolute Gasteiger partial charge is 0.497 e. The van der Waals surface area contributed by atoms with E-state index >= 15 is 0 Å². The van der Waals surface area contributed by atoms with Crippen molar-refractivity contribution in [2.45, 2.75) is 12.5 Å². The van der Waals surface area contributed by atoms with Crippen LogP contribution in [0, 0.1) is 5.82 Å². The van der Waals surface area contributed by atoms with Gasteiger partial charge in [0.15, 0.2) is 0 Å². The first-order valence-electron chi connectivity index (χ1n) is 7.44. The molecule has 6 nitrogen and oxygen atoms in total.